The summed E-state index contributed by atoms with van der Waals surface area (Å²) in [7, 11) is 0. The van der Waals surface area contributed by atoms with Gasteiger partial charge in [-0.3, -0.25) is 0 Å². The van der Waals surface area contributed by atoms with Gasteiger partial charge < -0.3 is 5.73 Å². The van der Waals surface area contributed by atoms with Crippen LogP contribution in [0.4, 0.5) is 0 Å². The third-order valence-electron chi connectivity index (χ3n) is 3.48. The van der Waals surface area contributed by atoms with Crippen molar-refractivity contribution in [1.82, 2.24) is 0 Å². The molecule has 0 radical (unpaired) electrons. The summed E-state index contributed by atoms with van der Waals surface area (Å²) in [6.07, 6.45) is 1.71. The van der Waals surface area contributed by atoms with Crippen molar-refractivity contribution in [3.05, 3.63) is 82.3 Å². The molecule has 0 spiro atoms. The second kappa shape index (κ2) is 8.13. The highest BCUT2D eigenvalue weighted by molar-refractivity contribution is 9.10. The van der Waals surface area contributed by atoms with Crippen LogP contribution in [0.2, 0.25) is 0 Å². The van der Waals surface area contributed by atoms with Crippen molar-refractivity contribution < 1.29 is 0 Å². The van der Waals surface area contributed by atoms with Gasteiger partial charge in [-0.05, 0) is 32.3 Å². The molecule has 3 aromatic rings. The number of hydrogen-bond donors (Lipinski definition) is 1. The van der Waals surface area contributed by atoms with Crippen LogP contribution >= 0.6 is 27.7 Å². The van der Waals surface area contributed by atoms with Crippen molar-refractivity contribution >= 4 is 49.8 Å². The fourth-order valence-electron chi connectivity index (χ4n) is 2.26. The lowest BCUT2D eigenvalue weighted by Gasteiger charge is -2.03. The molecule has 3 aromatic carbocycles. The van der Waals surface area contributed by atoms with E-state index in [9.17, 15) is 0 Å². The van der Waals surface area contributed by atoms with Crippen LogP contribution in [0.25, 0.3) is 10.8 Å². The minimum absolute atomic E-state index is 0.451. The highest BCUT2D eigenvalue weighted by Crippen LogP contribution is 2.26. The summed E-state index contributed by atoms with van der Waals surface area (Å²) in [6, 6.07) is 22.4. The molecular formula is C19H16BrN3S. The van der Waals surface area contributed by atoms with Crippen LogP contribution in [0.15, 0.2) is 81.4 Å². The summed E-state index contributed by atoms with van der Waals surface area (Å²) in [5.74, 6) is 0.783. The van der Waals surface area contributed by atoms with E-state index < -0.39 is 0 Å². The molecule has 24 heavy (non-hydrogen) atoms. The highest BCUT2D eigenvalue weighted by atomic mass is 79.9. The number of thioether (sulfide) groups is 1. The van der Waals surface area contributed by atoms with Gasteiger partial charge >= 0.3 is 0 Å². The second-order valence-corrected chi connectivity index (χ2v) is 6.94. The molecule has 0 saturated heterocycles. The zero-order valence-corrected chi connectivity index (χ0v) is 15.3. The zero-order chi connectivity index (χ0) is 16.8. The number of hydrogen-bond acceptors (Lipinski definition) is 3. The summed E-state index contributed by atoms with van der Waals surface area (Å²) in [4.78, 5) is 0. The molecular weight excluding hydrogens is 382 g/mol. The number of nitrogens with two attached hydrogens (primary N) is 1. The molecule has 0 aromatic heterocycles. The van der Waals surface area contributed by atoms with Crippen molar-refractivity contribution in [3.8, 4) is 0 Å². The fourth-order valence-corrected chi connectivity index (χ4v) is 3.47. The Hall–Kier alpha value is -2.11. The first-order valence-corrected chi connectivity index (χ1v) is 9.22. The lowest BCUT2D eigenvalue weighted by atomic mass is 10.1. The molecule has 0 amide bonds. The Morgan fingerprint density at radius 2 is 1.75 bits per heavy atom. The fraction of sp³-hybridized carbons (Fsp3) is 0.0526. The maximum atomic E-state index is 5.90. The molecule has 3 rings (SSSR count). The average Bonchev–Trinajstić information content (AvgIpc) is 2.63. The number of benzene rings is 3. The van der Waals surface area contributed by atoms with E-state index in [1.807, 2.05) is 36.4 Å². The van der Waals surface area contributed by atoms with Gasteiger partial charge in [0, 0.05) is 15.8 Å². The molecule has 0 unspecified atom stereocenters. The first-order valence-electron chi connectivity index (χ1n) is 7.44. The Morgan fingerprint density at radius 3 is 2.58 bits per heavy atom. The summed E-state index contributed by atoms with van der Waals surface area (Å²) < 4.78 is 1.01. The maximum Gasteiger partial charge on any atom is 0.180 e. The van der Waals surface area contributed by atoms with Gasteiger partial charge in [0.2, 0.25) is 0 Å². The standard InChI is InChI=1S/C19H16BrN3S/c20-18-16(11-10-15-8-4-5-9-17(15)18)12-22-23-19(21)24-13-14-6-2-1-3-7-14/h1-12H,13H2,(H2,21,23). The van der Waals surface area contributed by atoms with E-state index in [4.69, 9.17) is 5.73 Å². The number of halogens is 1. The first-order chi connectivity index (χ1) is 11.7. The van der Waals surface area contributed by atoms with Gasteiger partial charge in [-0.1, -0.05) is 78.5 Å². The Balaban J connectivity index is 1.68. The molecule has 2 N–H and O–H groups in total. The van der Waals surface area contributed by atoms with Crippen molar-refractivity contribution in [2.45, 2.75) is 5.75 Å². The van der Waals surface area contributed by atoms with Gasteiger partial charge in [-0.25, -0.2) is 0 Å². The number of fused-ring (bicyclic) bond motifs is 1. The van der Waals surface area contributed by atoms with E-state index in [-0.39, 0.29) is 0 Å². The van der Waals surface area contributed by atoms with E-state index in [0.717, 1.165) is 21.2 Å². The van der Waals surface area contributed by atoms with E-state index in [0.29, 0.717) is 5.17 Å². The monoisotopic (exact) mass is 397 g/mol. The Bertz CT molecular complexity index is 892. The minimum atomic E-state index is 0.451. The molecule has 0 heterocycles. The van der Waals surface area contributed by atoms with E-state index in [1.54, 1.807) is 6.21 Å². The molecule has 3 nitrogen and oxygen atoms in total. The number of rotatable bonds is 4. The van der Waals surface area contributed by atoms with Crippen molar-refractivity contribution in [1.29, 1.82) is 0 Å². The second-order valence-electron chi connectivity index (χ2n) is 5.15. The molecule has 0 aliphatic carbocycles. The Kier molecular flexibility index (Phi) is 5.67. The first kappa shape index (κ1) is 16.7. The van der Waals surface area contributed by atoms with Crippen LogP contribution in [-0.4, -0.2) is 11.4 Å². The number of nitrogens with zero attached hydrogens (tertiary/aromatic N) is 2. The van der Waals surface area contributed by atoms with E-state index in [1.165, 1.54) is 22.7 Å². The SMILES string of the molecule is NC(=NN=Cc1ccc2ccccc2c1Br)SCc1ccccc1. The quantitative estimate of drug-likeness (QED) is 0.374. The van der Waals surface area contributed by atoms with Gasteiger partial charge in [-0.2, -0.15) is 5.10 Å². The average molecular weight is 398 g/mol. The smallest absolute Gasteiger partial charge is 0.180 e. The highest BCUT2D eigenvalue weighted by Gasteiger charge is 2.02. The van der Waals surface area contributed by atoms with Gasteiger partial charge in [-0.15, -0.1) is 5.10 Å². The summed E-state index contributed by atoms with van der Waals surface area (Å²) >= 11 is 5.11. The maximum absolute atomic E-state index is 5.90. The molecule has 0 saturated carbocycles. The van der Waals surface area contributed by atoms with Crippen molar-refractivity contribution in [2.75, 3.05) is 0 Å². The lowest BCUT2D eigenvalue weighted by molar-refractivity contribution is 1.25. The van der Waals surface area contributed by atoms with Gasteiger partial charge in [0.25, 0.3) is 0 Å². The third kappa shape index (κ3) is 4.24. The lowest BCUT2D eigenvalue weighted by Crippen LogP contribution is -2.06. The largest absolute Gasteiger partial charge is 0.377 e. The van der Waals surface area contributed by atoms with Gasteiger partial charge in [0.1, 0.15) is 0 Å². The molecule has 5 heteroatoms. The molecule has 0 bridgehead atoms. The Labute approximate surface area is 153 Å². The van der Waals surface area contributed by atoms with E-state index >= 15 is 0 Å². The predicted molar refractivity (Wildman–Crippen MR) is 109 cm³/mol. The molecule has 0 aliphatic rings. The summed E-state index contributed by atoms with van der Waals surface area (Å²) in [6.45, 7) is 0. The normalized spacial score (nSPS) is 12.1. The molecule has 0 fully saturated rings. The van der Waals surface area contributed by atoms with Gasteiger partial charge in [0.15, 0.2) is 5.17 Å². The summed E-state index contributed by atoms with van der Waals surface area (Å²) in [5.41, 5.74) is 8.08. The van der Waals surface area contributed by atoms with Crippen molar-refractivity contribution in [3.63, 3.8) is 0 Å². The molecule has 0 atom stereocenters. The van der Waals surface area contributed by atoms with Crippen LogP contribution in [0.5, 0.6) is 0 Å². The van der Waals surface area contributed by atoms with Crippen LogP contribution in [0.1, 0.15) is 11.1 Å². The van der Waals surface area contributed by atoms with Crippen LogP contribution in [0.3, 0.4) is 0 Å². The Morgan fingerprint density at radius 1 is 1.00 bits per heavy atom. The van der Waals surface area contributed by atoms with Crippen LogP contribution in [0, 0.1) is 0 Å². The molecule has 120 valence electrons. The summed E-state index contributed by atoms with van der Waals surface area (Å²) in [5, 5.41) is 11.0. The minimum Gasteiger partial charge on any atom is -0.377 e. The third-order valence-corrected chi connectivity index (χ3v) is 5.22. The van der Waals surface area contributed by atoms with Gasteiger partial charge in [0.05, 0.1) is 6.21 Å². The van der Waals surface area contributed by atoms with Crippen LogP contribution in [-0.2, 0) is 5.75 Å². The van der Waals surface area contributed by atoms with Crippen molar-refractivity contribution in [2.24, 2.45) is 15.9 Å². The zero-order valence-electron chi connectivity index (χ0n) is 12.9. The van der Waals surface area contributed by atoms with E-state index in [2.05, 4.69) is 56.5 Å². The molecule has 0 aliphatic heterocycles. The topological polar surface area (TPSA) is 50.7 Å². The van der Waals surface area contributed by atoms with Crippen LogP contribution < -0.4 is 5.73 Å². The number of amidine groups is 1. The predicted octanol–water partition coefficient (Wildman–Crippen LogP) is 5.18.